The van der Waals surface area contributed by atoms with Crippen molar-refractivity contribution in [2.45, 2.75) is 33.1 Å². The van der Waals surface area contributed by atoms with Crippen LogP contribution < -0.4 is 4.74 Å². The number of phenolic OH excluding ortho intramolecular Hbond substituents is 1. The molecule has 1 rings (SSSR count). The Bertz CT molecular complexity index is 408. The molecule has 0 bridgehead atoms. The van der Waals surface area contributed by atoms with Crippen molar-refractivity contribution in [3.8, 4) is 11.5 Å². The molecule has 0 radical (unpaired) electrons. The van der Waals surface area contributed by atoms with Gasteiger partial charge in [-0.3, -0.25) is 4.79 Å². The Kier molecular flexibility index (Phi) is 5.27. The molecule has 3 nitrogen and oxygen atoms in total. The molecule has 0 aliphatic carbocycles. The van der Waals surface area contributed by atoms with Crippen molar-refractivity contribution >= 4 is 5.78 Å². The van der Waals surface area contributed by atoms with Crippen molar-refractivity contribution in [3.63, 3.8) is 0 Å². The summed E-state index contributed by atoms with van der Waals surface area (Å²) in [5.74, 6) is 0.475. The van der Waals surface area contributed by atoms with Gasteiger partial charge in [0.15, 0.2) is 5.78 Å². The number of ketones is 1. The first-order valence-corrected chi connectivity index (χ1v) is 5.83. The Morgan fingerprint density at radius 2 is 2.24 bits per heavy atom. The molecular weight excluding hydrogens is 216 g/mol. The fourth-order valence-electron chi connectivity index (χ4n) is 1.44. The molecule has 1 aromatic carbocycles. The Labute approximate surface area is 102 Å². The number of aromatic hydroxyl groups is 1. The molecule has 0 fully saturated rings. The number of carbonyl (C=O) groups excluding carboxylic acids is 1. The van der Waals surface area contributed by atoms with E-state index in [1.165, 1.54) is 12.3 Å². The average Bonchev–Trinajstić information content (AvgIpc) is 2.33. The van der Waals surface area contributed by atoms with Gasteiger partial charge in [-0.2, -0.15) is 0 Å². The number of hydrogen-bond acceptors (Lipinski definition) is 3. The molecule has 0 amide bonds. The van der Waals surface area contributed by atoms with Crippen LogP contribution in [0.2, 0.25) is 0 Å². The van der Waals surface area contributed by atoms with Gasteiger partial charge in [0, 0.05) is 12.5 Å². The number of allylic oxidation sites excluding steroid dienone is 1. The Morgan fingerprint density at radius 1 is 1.47 bits per heavy atom. The zero-order valence-electron chi connectivity index (χ0n) is 10.3. The smallest absolute Gasteiger partial charge is 0.166 e. The van der Waals surface area contributed by atoms with Gasteiger partial charge in [-0.25, -0.2) is 0 Å². The minimum absolute atomic E-state index is 0.0203. The van der Waals surface area contributed by atoms with Crippen LogP contribution >= 0.6 is 0 Å². The topological polar surface area (TPSA) is 46.5 Å². The summed E-state index contributed by atoms with van der Waals surface area (Å²) >= 11 is 0. The van der Waals surface area contributed by atoms with Gasteiger partial charge in [-0.15, -0.1) is 0 Å². The van der Waals surface area contributed by atoms with Crippen LogP contribution in [0.1, 0.15) is 43.5 Å². The third-order valence-electron chi connectivity index (χ3n) is 2.37. The average molecular weight is 234 g/mol. The molecule has 0 saturated carbocycles. The number of Topliss-reactive ketones (excluding diaryl/α,β-unsaturated/α-hetero) is 1. The molecule has 0 aliphatic heterocycles. The first-order chi connectivity index (χ1) is 8.19. The van der Waals surface area contributed by atoms with Gasteiger partial charge in [-0.1, -0.05) is 19.4 Å². The Morgan fingerprint density at radius 3 is 2.82 bits per heavy atom. The lowest BCUT2D eigenvalue weighted by Crippen LogP contribution is -1.99. The molecule has 3 heteroatoms. The number of phenols is 1. The molecule has 0 aliphatic rings. The summed E-state index contributed by atoms with van der Waals surface area (Å²) in [6, 6.07) is 4.74. The summed E-state index contributed by atoms with van der Waals surface area (Å²) in [5, 5.41) is 9.74. The maximum atomic E-state index is 11.7. The van der Waals surface area contributed by atoms with Gasteiger partial charge in [0.25, 0.3) is 0 Å². The second-order valence-corrected chi connectivity index (χ2v) is 3.79. The van der Waals surface area contributed by atoms with Crippen LogP contribution in [-0.4, -0.2) is 10.9 Å². The van der Waals surface area contributed by atoms with Crippen LogP contribution in [0.15, 0.2) is 30.5 Å². The maximum absolute atomic E-state index is 11.7. The molecule has 0 atom stereocenters. The molecule has 0 heterocycles. The van der Waals surface area contributed by atoms with E-state index >= 15 is 0 Å². The Balaban J connectivity index is 2.78. The maximum Gasteiger partial charge on any atom is 0.166 e. The van der Waals surface area contributed by atoms with Gasteiger partial charge in [0.2, 0.25) is 0 Å². The number of unbranched alkanes of at least 4 members (excludes halogenated alkanes) is 1. The third-order valence-corrected chi connectivity index (χ3v) is 2.37. The molecule has 0 spiro atoms. The summed E-state index contributed by atoms with van der Waals surface area (Å²) < 4.78 is 5.20. The predicted molar refractivity (Wildman–Crippen MR) is 67.4 cm³/mol. The number of hydrogen-bond donors (Lipinski definition) is 1. The number of rotatable bonds is 6. The number of carbonyl (C=O) groups is 1. The van der Waals surface area contributed by atoms with E-state index in [0.29, 0.717) is 17.7 Å². The molecule has 17 heavy (non-hydrogen) atoms. The van der Waals surface area contributed by atoms with Crippen LogP contribution in [0, 0.1) is 0 Å². The van der Waals surface area contributed by atoms with Gasteiger partial charge in [0.05, 0.1) is 11.8 Å². The van der Waals surface area contributed by atoms with Crippen LogP contribution in [-0.2, 0) is 0 Å². The highest BCUT2D eigenvalue weighted by Gasteiger charge is 2.11. The zero-order chi connectivity index (χ0) is 12.7. The fourth-order valence-corrected chi connectivity index (χ4v) is 1.44. The lowest BCUT2D eigenvalue weighted by atomic mass is 10.0. The first-order valence-electron chi connectivity index (χ1n) is 5.83. The van der Waals surface area contributed by atoms with Crippen molar-refractivity contribution in [2.75, 3.05) is 0 Å². The minimum atomic E-state index is -0.0260. The summed E-state index contributed by atoms with van der Waals surface area (Å²) in [6.07, 6.45) is 5.55. The van der Waals surface area contributed by atoms with Crippen LogP contribution in [0.5, 0.6) is 11.5 Å². The van der Waals surface area contributed by atoms with E-state index in [1.54, 1.807) is 18.2 Å². The molecular formula is C14H18O3. The van der Waals surface area contributed by atoms with Gasteiger partial charge in [-0.05, 0) is 25.5 Å². The van der Waals surface area contributed by atoms with E-state index in [9.17, 15) is 9.90 Å². The van der Waals surface area contributed by atoms with Crippen molar-refractivity contribution in [1.82, 2.24) is 0 Å². The predicted octanol–water partition coefficient (Wildman–Crippen LogP) is 3.68. The second-order valence-electron chi connectivity index (χ2n) is 3.79. The largest absolute Gasteiger partial charge is 0.507 e. The van der Waals surface area contributed by atoms with E-state index in [1.807, 2.05) is 13.8 Å². The van der Waals surface area contributed by atoms with E-state index in [-0.39, 0.29) is 11.5 Å². The van der Waals surface area contributed by atoms with E-state index in [4.69, 9.17) is 4.74 Å². The van der Waals surface area contributed by atoms with Gasteiger partial charge < -0.3 is 9.84 Å². The standard InChI is InChI=1S/C14H18O3/c1-3-5-6-13(15)12-8-7-11(10-14(12)16)17-9-4-2/h4,7-10,16H,3,5-6H2,1-2H3/b9-4+. The molecule has 0 saturated heterocycles. The quantitative estimate of drug-likeness (QED) is 0.603. The number of benzene rings is 1. The highest BCUT2D eigenvalue weighted by atomic mass is 16.5. The number of ether oxygens (including phenoxy) is 1. The normalized spacial score (nSPS) is 10.7. The van der Waals surface area contributed by atoms with Crippen molar-refractivity contribution in [2.24, 2.45) is 0 Å². The van der Waals surface area contributed by atoms with Crippen molar-refractivity contribution in [1.29, 1.82) is 0 Å². The van der Waals surface area contributed by atoms with E-state index in [2.05, 4.69) is 0 Å². The fraction of sp³-hybridized carbons (Fsp3) is 0.357. The molecule has 92 valence electrons. The minimum Gasteiger partial charge on any atom is -0.507 e. The highest BCUT2D eigenvalue weighted by Crippen LogP contribution is 2.25. The van der Waals surface area contributed by atoms with Crippen LogP contribution in [0.4, 0.5) is 0 Å². The van der Waals surface area contributed by atoms with E-state index < -0.39 is 0 Å². The van der Waals surface area contributed by atoms with E-state index in [0.717, 1.165) is 12.8 Å². The zero-order valence-corrected chi connectivity index (χ0v) is 10.3. The van der Waals surface area contributed by atoms with Gasteiger partial charge in [0.1, 0.15) is 11.5 Å². The highest BCUT2D eigenvalue weighted by molar-refractivity contribution is 5.98. The lowest BCUT2D eigenvalue weighted by molar-refractivity contribution is 0.0977. The lowest BCUT2D eigenvalue weighted by Gasteiger charge is -2.05. The van der Waals surface area contributed by atoms with Crippen LogP contribution in [0.3, 0.4) is 0 Å². The SMILES string of the molecule is C/C=C/Oc1ccc(C(=O)CCCC)c(O)c1. The first kappa shape index (κ1) is 13.3. The van der Waals surface area contributed by atoms with Crippen molar-refractivity contribution < 1.29 is 14.6 Å². The van der Waals surface area contributed by atoms with Crippen molar-refractivity contribution in [3.05, 3.63) is 36.1 Å². The summed E-state index contributed by atoms with van der Waals surface area (Å²) in [4.78, 5) is 11.7. The van der Waals surface area contributed by atoms with Gasteiger partial charge >= 0.3 is 0 Å². The summed E-state index contributed by atoms with van der Waals surface area (Å²) in [5.41, 5.74) is 0.367. The molecule has 0 aromatic heterocycles. The Hall–Kier alpha value is -1.77. The second kappa shape index (κ2) is 6.74. The summed E-state index contributed by atoms with van der Waals surface area (Å²) in [6.45, 7) is 3.86. The third kappa shape index (κ3) is 3.94. The summed E-state index contributed by atoms with van der Waals surface area (Å²) in [7, 11) is 0. The molecule has 0 unspecified atom stereocenters. The van der Waals surface area contributed by atoms with Crippen LogP contribution in [0.25, 0.3) is 0 Å². The molecule has 1 N–H and O–H groups in total. The molecule has 1 aromatic rings. The monoisotopic (exact) mass is 234 g/mol.